The summed E-state index contributed by atoms with van der Waals surface area (Å²) < 4.78 is 0. The van der Waals surface area contributed by atoms with Crippen molar-refractivity contribution in [3.63, 3.8) is 0 Å². The maximum Gasteiger partial charge on any atom is 0.273 e. The SMILES string of the molecule is O=C(c1csc(Nc2ccc(Cl)c(Cl)c2)n1)N1CCCCC1. The van der Waals surface area contributed by atoms with Gasteiger partial charge in [-0.2, -0.15) is 0 Å². The first kappa shape index (κ1) is 15.6. The minimum atomic E-state index is 0.0122. The second kappa shape index (κ2) is 6.86. The van der Waals surface area contributed by atoms with Crippen LogP contribution in [0.3, 0.4) is 0 Å². The molecule has 0 bridgehead atoms. The number of amides is 1. The van der Waals surface area contributed by atoms with Gasteiger partial charge in [-0.1, -0.05) is 23.2 Å². The molecule has 0 aliphatic carbocycles. The summed E-state index contributed by atoms with van der Waals surface area (Å²) in [6.45, 7) is 1.65. The third-order valence-corrected chi connectivity index (χ3v) is 5.03. The van der Waals surface area contributed by atoms with Crippen LogP contribution in [0.5, 0.6) is 0 Å². The Hall–Kier alpha value is -1.30. The highest BCUT2D eigenvalue weighted by molar-refractivity contribution is 7.14. The van der Waals surface area contributed by atoms with Crippen LogP contribution in [0.15, 0.2) is 23.6 Å². The van der Waals surface area contributed by atoms with Gasteiger partial charge in [0.25, 0.3) is 5.91 Å². The molecule has 2 heterocycles. The van der Waals surface area contributed by atoms with E-state index in [4.69, 9.17) is 23.2 Å². The lowest BCUT2D eigenvalue weighted by Crippen LogP contribution is -2.35. The molecule has 0 radical (unpaired) electrons. The van der Waals surface area contributed by atoms with Gasteiger partial charge >= 0.3 is 0 Å². The molecule has 7 heteroatoms. The van der Waals surface area contributed by atoms with Gasteiger partial charge in [-0.25, -0.2) is 4.98 Å². The van der Waals surface area contributed by atoms with E-state index in [0.717, 1.165) is 31.6 Å². The highest BCUT2D eigenvalue weighted by atomic mass is 35.5. The van der Waals surface area contributed by atoms with Gasteiger partial charge in [-0.05, 0) is 37.5 Å². The molecular formula is C15H15Cl2N3OS. The average molecular weight is 356 g/mol. The molecular weight excluding hydrogens is 341 g/mol. The van der Waals surface area contributed by atoms with E-state index in [2.05, 4.69) is 10.3 Å². The molecule has 1 saturated heterocycles. The lowest BCUT2D eigenvalue weighted by atomic mass is 10.1. The molecule has 1 fully saturated rings. The zero-order valence-corrected chi connectivity index (χ0v) is 14.1. The zero-order valence-electron chi connectivity index (χ0n) is 11.8. The third kappa shape index (κ3) is 3.54. The van der Waals surface area contributed by atoms with Crippen LogP contribution >= 0.6 is 34.5 Å². The van der Waals surface area contributed by atoms with Gasteiger partial charge in [0.1, 0.15) is 5.69 Å². The number of carbonyl (C=O) groups is 1. The molecule has 116 valence electrons. The fourth-order valence-electron chi connectivity index (χ4n) is 2.39. The average Bonchev–Trinajstić information content (AvgIpc) is 2.99. The van der Waals surface area contributed by atoms with Gasteiger partial charge in [0, 0.05) is 24.2 Å². The number of anilines is 2. The second-order valence-corrected chi connectivity index (χ2v) is 6.82. The van der Waals surface area contributed by atoms with Gasteiger partial charge in [0.15, 0.2) is 5.13 Å². The number of likely N-dealkylation sites (tertiary alicyclic amines) is 1. The van der Waals surface area contributed by atoms with Crippen molar-refractivity contribution in [3.05, 3.63) is 39.3 Å². The van der Waals surface area contributed by atoms with Crippen LogP contribution < -0.4 is 5.32 Å². The molecule has 3 rings (SSSR count). The number of benzene rings is 1. The summed E-state index contributed by atoms with van der Waals surface area (Å²) in [4.78, 5) is 18.6. The standard InChI is InChI=1S/C15H15Cl2N3OS/c16-11-5-4-10(8-12(11)17)18-15-19-13(9-22-15)14(21)20-6-2-1-3-7-20/h4-5,8-9H,1-3,6-7H2,(H,18,19). The number of halogens is 2. The normalized spacial score (nSPS) is 14.9. The zero-order chi connectivity index (χ0) is 15.5. The number of rotatable bonds is 3. The van der Waals surface area contributed by atoms with Crippen LogP contribution in [-0.4, -0.2) is 28.9 Å². The van der Waals surface area contributed by atoms with E-state index in [1.807, 2.05) is 11.0 Å². The predicted molar refractivity (Wildman–Crippen MR) is 91.6 cm³/mol. The highest BCUT2D eigenvalue weighted by Crippen LogP contribution is 2.28. The number of hydrogen-bond acceptors (Lipinski definition) is 4. The van der Waals surface area contributed by atoms with Gasteiger partial charge in [-0.15, -0.1) is 11.3 Å². The molecule has 1 aliphatic rings. The number of hydrogen-bond donors (Lipinski definition) is 1. The van der Waals surface area contributed by atoms with Crippen LogP contribution in [0.1, 0.15) is 29.8 Å². The summed E-state index contributed by atoms with van der Waals surface area (Å²) in [5.41, 5.74) is 1.29. The second-order valence-electron chi connectivity index (χ2n) is 5.14. The van der Waals surface area contributed by atoms with Crippen LogP contribution in [-0.2, 0) is 0 Å². The Balaban J connectivity index is 1.70. The van der Waals surface area contributed by atoms with Crippen molar-refractivity contribution in [2.45, 2.75) is 19.3 Å². The van der Waals surface area contributed by atoms with Crippen molar-refractivity contribution in [2.24, 2.45) is 0 Å². The minimum absolute atomic E-state index is 0.0122. The van der Waals surface area contributed by atoms with Gasteiger partial charge in [-0.3, -0.25) is 4.79 Å². The number of thiazole rings is 1. The molecule has 1 aromatic heterocycles. The number of carbonyl (C=O) groups excluding carboxylic acids is 1. The highest BCUT2D eigenvalue weighted by Gasteiger charge is 2.20. The summed E-state index contributed by atoms with van der Waals surface area (Å²) in [6, 6.07) is 5.28. The van der Waals surface area contributed by atoms with Crippen molar-refractivity contribution in [2.75, 3.05) is 18.4 Å². The summed E-state index contributed by atoms with van der Waals surface area (Å²) in [6.07, 6.45) is 3.35. The predicted octanol–water partition coefficient (Wildman–Crippen LogP) is 4.82. The van der Waals surface area contributed by atoms with Gasteiger partial charge in [0.05, 0.1) is 10.0 Å². The van der Waals surface area contributed by atoms with E-state index in [0.29, 0.717) is 20.9 Å². The summed E-state index contributed by atoms with van der Waals surface area (Å²) >= 11 is 13.3. The Bertz CT molecular complexity index is 683. The maximum atomic E-state index is 12.4. The van der Waals surface area contributed by atoms with Crippen molar-refractivity contribution in [1.29, 1.82) is 0 Å². The fourth-order valence-corrected chi connectivity index (χ4v) is 3.39. The molecule has 0 unspecified atom stereocenters. The van der Waals surface area contributed by atoms with E-state index in [1.54, 1.807) is 17.5 Å². The molecule has 4 nitrogen and oxygen atoms in total. The summed E-state index contributed by atoms with van der Waals surface area (Å²) in [5, 5.41) is 6.58. The van der Waals surface area contributed by atoms with Crippen LogP contribution in [0.25, 0.3) is 0 Å². The molecule has 0 saturated carbocycles. The van der Waals surface area contributed by atoms with Crippen molar-refractivity contribution in [3.8, 4) is 0 Å². The number of piperidine rings is 1. The Morgan fingerprint density at radius 1 is 1.18 bits per heavy atom. The topological polar surface area (TPSA) is 45.2 Å². The largest absolute Gasteiger partial charge is 0.337 e. The quantitative estimate of drug-likeness (QED) is 0.858. The smallest absolute Gasteiger partial charge is 0.273 e. The molecule has 0 atom stereocenters. The molecule has 1 aromatic carbocycles. The Labute approximate surface area is 143 Å². The summed E-state index contributed by atoms with van der Waals surface area (Å²) in [7, 11) is 0. The Morgan fingerprint density at radius 3 is 2.68 bits per heavy atom. The fraction of sp³-hybridized carbons (Fsp3) is 0.333. The number of nitrogens with one attached hydrogen (secondary N) is 1. The van der Waals surface area contributed by atoms with E-state index in [1.165, 1.54) is 17.8 Å². The van der Waals surface area contributed by atoms with E-state index in [-0.39, 0.29) is 5.91 Å². The maximum absolute atomic E-state index is 12.4. The van der Waals surface area contributed by atoms with Crippen molar-refractivity contribution in [1.82, 2.24) is 9.88 Å². The van der Waals surface area contributed by atoms with Gasteiger partial charge in [0.2, 0.25) is 0 Å². The van der Waals surface area contributed by atoms with Crippen LogP contribution in [0.2, 0.25) is 10.0 Å². The Kier molecular flexibility index (Phi) is 4.86. The number of nitrogens with zero attached hydrogens (tertiary/aromatic N) is 2. The summed E-state index contributed by atoms with van der Waals surface area (Å²) in [5.74, 6) is 0.0122. The minimum Gasteiger partial charge on any atom is -0.337 e. The van der Waals surface area contributed by atoms with Crippen molar-refractivity contribution >= 4 is 51.3 Å². The van der Waals surface area contributed by atoms with Gasteiger partial charge < -0.3 is 10.2 Å². The monoisotopic (exact) mass is 355 g/mol. The first-order valence-corrected chi connectivity index (χ1v) is 8.74. The van der Waals surface area contributed by atoms with Crippen LogP contribution in [0, 0.1) is 0 Å². The lowest BCUT2D eigenvalue weighted by Gasteiger charge is -2.25. The van der Waals surface area contributed by atoms with E-state index in [9.17, 15) is 4.79 Å². The molecule has 2 aromatic rings. The molecule has 1 N–H and O–H groups in total. The molecule has 1 aliphatic heterocycles. The lowest BCUT2D eigenvalue weighted by molar-refractivity contribution is 0.0719. The van der Waals surface area contributed by atoms with Crippen LogP contribution in [0.4, 0.5) is 10.8 Å². The molecule has 22 heavy (non-hydrogen) atoms. The molecule has 0 spiro atoms. The third-order valence-electron chi connectivity index (χ3n) is 3.54. The van der Waals surface area contributed by atoms with Crippen molar-refractivity contribution < 1.29 is 4.79 Å². The first-order chi connectivity index (χ1) is 10.6. The first-order valence-electron chi connectivity index (χ1n) is 7.10. The number of aromatic nitrogens is 1. The Morgan fingerprint density at radius 2 is 1.95 bits per heavy atom. The van der Waals surface area contributed by atoms with E-state index >= 15 is 0 Å². The molecule has 1 amide bonds. The van der Waals surface area contributed by atoms with E-state index < -0.39 is 0 Å².